The van der Waals surface area contributed by atoms with Crippen molar-refractivity contribution < 1.29 is 9.13 Å². The van der Waals surface area contributed by atoms with Crippen molar-refractivity contribution in [2.45, 2.75) is 26.9 Å². The Kier molecular flexibility index (Phi) is 5.64. The highest BCUT2D eigenvalue weighted by Crippen LogP contribution is 2.33. The molecule has 1 aliphatic rings. The molecule has 5 rings (SSSR count). The number of rotatable bonds is 3. The molecule has 0 spiro atoms. The highest BCUT2D eigenvalue weighted by Gasteiger charge is 2.26. The minimum Gasteiger partial charge on any atom is -0.370 e. The lowest BCUT2D eigenvalue weighted by molar-refractivity contribution is 0.0389. The molecule has 4 aromatic rings. The highest BCUT2D eigenvalue weighted by atomic mass is 35.5. The number of anilines is 1. The Bertz CT molecular complexity index is 1360. The number of hydrogen-bond donors (Lipinski definition) is 0. The number of benzene rings is 1. The normalized spacial score (nSPS) is 16.4. The zero-order chi connectivity index (χ0) is 23.1. The average molecular weight is 465 g/mol. The van der Waals surface area contributed by atoms with E-state index in [2.05, 4.69) is 15.2 Å². The second kappa shape index (κ2) is 8.61. The number of nitrogens with zero attached hydrogens (tertiary/aromatic N) is 6. The molecular formula is C24H22ClFN6O. The second-order valence-electron chi connectivity index (χ2n) is 8.19. The molecule has 0 radical (unpaired) electrons. The lowest BCUT2D eigenvalue weighted by atomic mass is 10.1. The van der Waals surface area contributed by atoms with Gasteiger partial charge in [0.1, 0.15) is 11.9 Å². The van der Waals surface area contributed by atoms with Gasteiger partial charge in [0.25, 0.3) is 0 Å². The van der Waals surface area contributed by atoms with Crippen molar-refractivity contribution in [3.63, 3.8) is 0 Å². The summed E-state index contributed by atoms with van der Waals surface area (Å²) in [6.07, 6.45) is 1.51. The summed E-state index contributed by atoms with van der Waals surface area (Å²) < 4.78 is 20.9. The van der Waals surface area contributed by atoms with Gasteiger partial charge in [-0.25, -0.2) is 14.4 Å². The molecular weight excluding hydrogens is 443 g/mol. The van der Waals surface area contributed by atoms with Crippen LogP contribution in [0.25, 0.3) is 22.3 Å². The number of aromatic nitrogens is 5. The Morgan fingerprint density at radius 3 is 2.73 bits per heavy atom. The predicted molar refractivity (Wildman–Crippen MR) is 125 cm³/mol. The molecule has 1 saturated heterocycles. The van der Waals surface area contributed by atoms with Crippen molar-refractivity contribution in [2.75, 3.05) is 24.6 Å². The van der Waals surface area contributed by atoms with E-state index in [1.165, 1.54) is 6.07 Å². The van der Waals surface area contributed by atoms with Gasteiger partial charge in [0.15, 0.2) is 5.65 Å². The Hall–Kier alpha value is -3.23. The minimum absolute atomic E-state index is 0.198. The van der Waals surface area contributed by atoms with Crippen LogP contribution in [0.1, 0.15) is 28.6 Å². The lowest BCUT2D eigenvalue weighted by Gasteiger charge is -2.33. The number of fused-ring (bicyclic) bond motifs is 1. The third-order valence-corrected chi connectivity index (χ3v) is 6.06. The average Bonchev–Trinajstić information content (AvgIpc) is 2.80. The third kappa shape index (κ3) is 4.24. The van der Waals surface area contributed by atoms with E-state index in [1.54, 1.807) is 18.3 Å². The van der Waals surface area contributed by atoms with Crippen molar-refractivity contribution in [3.8, 4) is 11.3 Å². The number of halogens is 2. The van der Waals surface area contributed by atoms with E-state index >= 15 is 0 Å². The first-order valence-corrected chi connectivity index (χ1v) is 11.0. The number of morpholine rings is 1. The molecule has 0 aliphatic carbocycles. The van der Waals surface area contributed by atoms with Gasteiger partial charge in [0.05, 0.1) is 30.7 Å². The van der Waals surface area contributed by atoms with Gasteiger partial charge in [-0.2, -0.15) is 15.2 Å². The van der Waals surface area contributed by atoms with Gasteiger partial charge < -0.3 is 9.64 Å². The van der Waals surface area contributed by atoms with Crippen molar-refractivity contribution in [3.05, 3.63) is 69.9 Å². The van der Waals surface area contributed by atoms with Gasteiger partial charge in [-0.15, -0.1) is 0 Å². The molecule has 4 heterocycles. The molecule has 0 amide bonds. The van der Waals surface area contributed by atoms with E-state index in [0.29, 0.717) is 53.0 Å². The summed E-state index contributed by atoms with van der Waals surface area (Å²) in [6.45, 7) is 7.43. The van der Waals surface area contributed by atoms with Crippen LogP contribution >= 0.6 is 11.6 Å². The van der Waals surface area contributed by atoms with Crippen LogP contribution in [0.15, 0.2) is 36.5 Å². The van der Waals surface area contributed by atoms with Crippen LogP contribution in [0, 0.1) is 26.6 Å². The summed E-state index contributed by atoms with van der Waals surface area (Å²) >= 11 is 5.99. The Balaban J connectivity index is 1.62. The van der Waals surface area contributed by atoms with Gasteiger partial charge in [-0.05, 0) is 56.7 Å². The summed E-state index contributed by atoms with van der Waals surface area (Å²) in [4.78, 5) is 16.3. The lowest BCUT2D eigenvalue weighted by Crippen LogP contribution is -2.39. The van der Waals surface area contributed by atoms with Crippen molar-refractivity contribution >= 4 is 28.6 Å². The van der Waals surface area contributed by atoms with Gasteiger partial charge in [-0.3, -0.25) is 0 Å². The molecule has 0 bridgehead atoms. The Labute approximate surface area is 195 Å². The van der Waals surface area contributed by atoms with E-state index in [9.17, 15) is 4.39 Å². The number of hydrogen-bond acceptors (Lipinski definition) is 7. The summed E-state index contributed by atoms with van der Waals surface area (Å²) in [6, 6.07) is 8.52. The van der Waals surface area contributed by atoms with E-state index in [-0.39, 0.29) is 6.10 Å². The third-order valence-electron chi connectivity index (χ3n) is 5.82. The molecule has 1 aromatic carbocycles. The molecule has 1 atom stereocenters. The Morgan fingerprint density at radius 2 is 1.94 bits per heavy atom. The zero-order valence-electron chi connectivity index (χ0n) is 18.5. The summed E-state index contributed by atoms with van der Waals surface area (Å²) in [5.74, 6) is 0.0412. The molecule has 1 aliphatic heterocycles. The van der Waals surface area contributed by atoms with Crippen LogP contribution < -0.4 is 4.90 Å². The molecule has 7 nitrogen and oxygen atoms in total. The monoisotopic (exact) mass is 464 g/mol. The van der Waals surface area contributed by atoms with Crippen molar-refractivity contribution in [1.29, 1.82) is 0 Å². The first-order valence-electron chi connectivity index (χ1n) is 10.7. The van der Waals surface area contributed by atoms with Gasteiger partial charge in [-0.1, -0.05) is 11.6 Å². The number of ether oxygens (including phenoxy) is 1. The fourth-order valence-corrected chi connectivity index (χ4v) is 4.12. The standard InChI is InChI=1S/C24H22ClFN6O/c1-13-8-19-22(18-5-4-17(25)10-20(18)26)29-24(30-23(19)28-15(13)3)32-6-7-33-21(12-32)16-9-14(2)31-27-11-16/h4-5,8-11,21H,6-7,12H2,1-3H3/t21-/m0/s1. The van der Waals surface area contributed by atoms with Crippen LogP contribution in [-0.4, -0.2) is 44.8 Å². The van der Waals surface area contributed by atoms with E-state index in [4.69, 9.17) is 26.3 Å². The molecule has 0 saturated carbocycles. The maximum atomic E-state index is 14.9. The molecule has 3 aromatic heterocycles. The van der Waals surface area contributed by atoms with Gasteiger partial charge >= 0.3 is 0 Å². The van der Waals surface area contributed by atoms with E-state index in [1.807, 2.05) is 37.8 Å². The molecule has 0 N–H and O–H groups in total. The largest absolute Gasteiger partial charge is 0.370 e. The van der Waals surface area contributed by atoms with E-state index in [0.717, 1.165) is 22.5 Å². The smallest absolute Gasteiger partial charge is 0.228 e. The molecule has 33 heavy (non-hydrogen) atoms. The van der Waals surface area contributed by atoms with Gasteiger partial charge in [0.2, 0.25) is 5.95 Å². The van der Waals surface area contributed by atoms with Crippen LogP contribution in [0.4, 0.5) is 10.3 Å². The number of pyridine rings is 1. The maximum Gasteiger partial charge on any atom is 0.228 e. The molecule has 1 fully saturated rings. The summed E-state index contributed by atoms with van der Waals surface area (Å²) in [5.41, 5.74) is 5.00. The number of aryl methyl sites for hydroxylation is 3. The first kappa shape index (κ1) is 21.6. The van der Waals surface area contributed by atoms with Gasteiger partial charge in [0, 0.05) is 33.8 Å². The predicted octanol–water partition coefficient (Wildman–Crippen LogP) is 4.78. The summed E-state index contributed by atoms with van der Waals surface area (Å²) in [5, 5.41) is 9.10. The first-order chi connectivity index (χ1) is 15.9. The van der Waals surface area contributed by atoms with Crippen LogP contribution in [0.3, 0.4) is 0 Å². The van der Waals surface area contributed by atoms with Crippen molar-refractivity contribution in [2.24, 2.45) is 0 Å². The molecule has 0 unspecified atom stereocenters. The fraction of sp³-hybridized carbons (Fsp3) is 0.292. The second-order valence-corrected chi connectivity index (χ2v) is 8.63. The quantitative estimate of drug-likeness (QED) is 0.432. The molecule has 9 heteroatoms. The van der Waals surface area contributed by atoms with Crippen LogP contribution in [0.2, 0.25) is 5.02 Å². The minimum atomic E-state index is -0.440. The molecule has 168 valence electrons. The van der Waals surface area contributed by atoms with Crippen LogP contribution in [0.5, 0.6) is 0 Å². The highest BCUT2D eigenvalue weighted by molar-refractivity contribution is 6.30. The maximum absolute atomic E-state index is 14.9. The van der Waals surface area contributed by atoms with Crippen LogP contribution in [-0.2, 0) is 4.74 Å². The summed E-state index contributed by atoms with van der Waals surface area (Å²) in [7, 11) is 0. The SMILES string of the molecule is Cc1cc([C@@H]2CN(c3nc(-c4ccc(Cl)cc4F)c4cc(C)c(C)nc4n3)CCO2)cnn1. The Morgan fingerprint density at radius 1 is 1.09 bits per heavy atom. The van der Waals surface area contributed by atoms with E-state index < -0.39 is 5.82 Å². The zero-order valence-corrected chi connectivity index (χ0v) is 19.3. The van der Waals surface area contributed by atoms with Crippen molar-refractivity contribution in [1.82, 2.24) is 25.1 Å². The topological polar surface area (TPSA) is 76.9 Å². The fourth-order valence-electron chi connectivity index (χ4n) is 3.96.